The van der Waals surface area contributed by atoms with Gasteiger partial charge >= 0.3 is 5.97 Å². The van der Waals surface area contributed by atoms with Crippen LogP contribution in [-0.4, -0.2) is 40.8 Å². The van der Waals surface area contributed by atoms with Crippen LogP contribution < -0.4 is 11.1 Å². The lowest BCUT2D eigenvalue weighted by atomic mass is 9.84. The van der Waals surface area contributed by atoms with E-state index in [1.165, 1.54) is 19.3 Å². The summed E-state index contributed by atoms with van der Waals surface area (Å²) in [7, 11) is 0. The molecule has 1 fully saturated rings. The molecule has 0 aromatic carbocycles. The highest BCUT2D eigenvalue weighted by atomic mass is 16.4. The van der Waals surface area contributed by atoms with Crippen LogP contribution in [0.5, 0.6) is 0 Å². The van der Waals surface area contributed by atoms with E-state index in [1.54, 1.807) is 0 Å². The van der Waals surface area contributed by atoms with Crippen LogP contribution >= 0.6 is 0 Å². The normalized spacial score (nSPS) is 20.1. The maximum absolute atomic E-state index is 11.4. The fourth-order valence-corrected chi connectivity index (χ4v) is 2.40. The molecule has 0 saturated heterocycles. The van der Waals surface area contributed by atoms with Crippen LogP contribution in [0.4, 0.5) is 0 Å². The molecule has 2 atom stereocenters. The van der Waals surface area contributed by atoms with E-state index in [2.05, 4.69) is 5.32 Å². The van der Waals surface area contributed by atoms with E-state index in [0.717, 1.165) is 12.8 Å². The third-order valence-corrected chi connectivity index (χ3v) is 3.42. The number of carbonyl (C=O) groups excluding carboxylic acids is 1. The van der Waals surface area contributed by atoms with Crippen LogP contribution in [0.25, 0.3) is 0 Å². The van der Waals surface area contributed by atoms with Gasteiger partial charge in [0.25, 0.3) is 5.91 Å². The number of aliphatic hydroxyl groups excluding tert-OH is 1. The van der Waals surface area contributed by atoms with Gasteiger partial charge in [-0.1, -0.05) is 32.1 Å². The van der Waals surface area contributed by atoms with Gasteiger partial charge in [-0.3, -0.25) is 9.59 Å². The fraction of sp³-hybridized carbons (Fsp3) is 0.833. The van der Waals surface area contributed by atoms with Gasteiger partial charge in [0.2, 0.25) is 0 Å². The van der Waals surface area contributed by atoms with Gasteiger partial charge in [-0.2, -0.15) is 0 Å². The van der Waals surface area contributed by atoms with Crippen molar-refractivity contribution in [2.45, 2.75) is 50.7 Å². The molecule has 0 spiro atoms. The molecule has 0 aromatic rings. The van der Waals surface area contributed by atoms with Crippen LogP contribution in [0.15, 0.2) is 0 Å². The first-order chi connectivity index (χ1) is 8.50. The van der Waals surface area contributed by atoms with Crippen molar-refractivity contribution in [2.24, 2.45) is 11.7 Å². The van der Waals surface area contributed by atoms with Crippen molar-refractivity contribution >= 4 is 11.9 Å². The Morgan fingerprint density at radius 3 is 2.44 bits per heavy atom. The number of carbonyl (C=O) groups is 2. The number of carboxylic acid groups (broad SMARTS) is 1. The summed E-state index contributed by atoms with van der Waals surface area (Å²) in [5.41, 5.74) is 5.80. The number of amides is 1. The zero-order valence-corrected chi connectivity index (χ0v) is 10.5. The molecule has 0 bridgehead atoms. The molecule has 0 aromatic heterocycles. The first-order valence-corrected chi connectivity index (χ1v) is 6.44. The molecule has 6 heteroatoms. The lowest BCUT2D eigenvalue weighted by molar-refractivity contribution is -0.139. The standard InChI is InChI=1S/C12H22N2O4/c13-9(6-8-4-2-1-3-5-8)11(17)12(18)14-7-10(15)16/h8-9,11,17H,1-7,13H2,(H,14,18)(H,15,16)/t9-,11?/m1/s1. The number of nitrogens with two attached hydrogens (primary N) is 1. The second-order valence-electron chi connectivity index (χ2n) is 4.96. The minimum Gasteiger partial charge on any atom is -0.480 e. The van der Waals surface area contributed by atoms with Gasteiger partial charge in [0, 0.05) is 6.04 Å². The van der Waals surface area contributed by atoms with E-state index in [0.29, 0.717) is 12.3 Å². The summed E-state index contributed by atoms with van der Waals surface area (Å²) in [6, 6.07) is -0.623. The zero-order chi connectivity index (χ0) is 13.5. The lowest BCUT2D eigenvalue weighted by Crippen LogP contribution is -2.48. The SMILES string of the molecule is N[C@H](CC1CCCCC1)C(O)C(=O)NCC(=O)O. The average Bonchev–Trinajstić information content (AvgIpc) is 2.36. The first-order valence-electron chi connectivity index (χ1n) is 6.44. The predicted octanol–water partition coefficient (Wildman–Crippen LogP) is -0.154. The van der Waals surface area contributed by atoms with Crippen LogP contribution in [0, 0.1) is 5.92 Å². The number of aliphatic hydroxyl groups is 1. The molecule has 1 unspecified atom stereocenters. The maximum Gasteiger partial charge on any atom is 0.322 e. The van der Waals surface area contributed by atoms with Gasteiger partial charge < -0.3 is 21.3 Å². The highest BCUT2D eigenvalue weighted by Crippen LogP contribution is 2.27. The number of aliphatic carboxylic acids is 1. The molecule has 6 nitrogen and oxygen atoms in total. The second kappa shape index (κ2) is 7.33. The molecule has 18 heavy (non-hydrogen) atoms. The maximum atomic E-state index is 11.4. The summed E-state index contributed by atoms with van der Waals surface area (Å²) in [5, 5.41) is 20.2. The molecular weight excluding hydrogens is 236 g/mol. The average molecular weight is 258 g/mol. The molecule has 104 valence electrons. The first kappa shape index (κ1) is 14.9. The third kappa shape index (κ3) is 5.01. The van der Waals surface area contributed by atoms with E-state index < -0.39 is 30.6 Å². The quantitative estimate of drug-likeness (QED) is 0.529. The second-order valence-corrected chi connectivity index (χ2v) is 4.96. The predicted molar refractivity (Wildman–Crippen MR) is 65.8 cm³/mol. The van der Waals surface area contributed by atoms with Crippen molar-refractivity contribution in [3.63, 3.8) is 0 Å². The number of nitrogens with one attached hydrogen (secondary N) is 1. The molecule has 1 amide bonds. The van der Waals surface area contributed by atoms with Gasteiger partial charge in [0.1, 0.15) is 12.6 Å². The largest absolute Gasteiger partial charge is 0.480 e. The van der Waals surface area contributed by atoms with Crippen molar-refractivity contribution in [1.29, 1.82) is 0 Å². The van der Waals surface area contributed by atoms with Crippen LogP contribution in [0.2, 0.25) is 0 Å². The molecular formula is C12H22N2O4. The molecule has 1 saturated carbocycles. The van der Waals surface area contributed by atoms with Gasteiger partial charge in [-0.25, -0.2) is 0 Å². The lowest BCUT2D eigenvalue weighted by Gasteiger charge is -2.26. The van der Waals surface area contributed by atoms with Gasteiger partial charge in [-0.15, -0.1) is 0 Å². The molecule has 1 aliphatic rings. The van der Waals surface area contributed by atoms with Crippen molar-refractivity contribution in [3.8, 4) is 0 Å². The van der Waals surface area contributed by atoms with E-state index >= 15 is 0 Å². The Hall–Kier alpha value is -1.14. The van der Waals surface area contributed by atoms with Gasteiger partial charge in [0.15, 0.2) is 0 Å². The van der Waals surface area contributed by atoms with Crippen molar-refractivity contribution in [1.82, 2.24) is 5.32 Å². The summed E-state index contributed by atoms with van der Waals surface area (Å²) >= 11 is 0. The number of rotatable bonds is 6. The van der Waals surface area contributed by atoms with E-state index in [1.807, 2.05) is 0 Å². The molecule has 5 N–H and O–H groups in total. The minimum absolute atomic E-state index is 0.468. The van der Waals surface area contributed by atoms with E-state index in [9.17, 15) is 14.7 Å². The smallest absolute Gasteiger partial charge is 0.322 e. The van der Waals surface area contributed by atoms with E-state index in [-0.39, 0.29) is 0 Å². The number of hydrogen-bond acceptors (Lipinski definition) is 4. The van der Waals surface area contributed by atoms with Crippen LogP contribution in [0.3, 0.4) is 0 Å². The molecule has 0 aliphatic heterocycles. The zero-order valence-electron chi connectivity index (χ0n) is 10.5. The molecule has 1 rings (SSSR count). The summed E-state index contributed by atoms with van der Waals surface area (Å²) < 4.78 is 0. The Labute approximate surface area is 107 Å². The Bertz CT molecular complexity index is 290. The number of carboxylic acids is 1. The summed E-state index contributed by atoms with van der Waals surface area (Å²) in [4.78, 5) is 21.7. The van der Waals surface area contributed by atoms with Gasteiger partial charge in [0.05, 0.1) is 0 Å². The summed E-state index contributed by atoms with van der Waals surface area (Å²) in [6.45, 7) is -0.494. The van der Waals surface area contributed by atoms with Gasteiger partial charge in [-0.05, 0) is 12.3 Å². The summed E-state index contributed by atoms with van der Waals surface area (Å²) in [5.74, 6) is -1.38. The Balaban J connectivity index is 2.32. The van der Waals surface area contributed by atoms with Crippen LogP contribution in [0.1, 0.15) is 38.5 Å². The summed E-state index contributed by atoms with van der Waals surface area (Å²) in [6.07, 6.45) is 5.08. The fourth-order valence-electron chi connectivity index (χ4n) is 2.40. The van der Waals surface area contributed by atoms with Crippen molar-refractivity contribution in [3.05, 3.63) is 0 Å². The third-order valence-electron chi connectivity index (χ3n) is 3.42. The Kier molecular flexibility index (Phi) is 6.07. The topological polar surface area (TPSA) is 113 Å². The minimum atomic E-state index is -1.33. The van der Waals surface area contributed by atoms with Crippen molar-refractivity contribution in [2.75, 3.05) is 6.54 Å². The number of hydrogen-bond donors (Lipinski definition) is 4. The molecule has 0 heterocycles. The molecule has 0 radical (unpaired) electrons. The highest BCUT2D eigenvalue weighted by molar-refractivity contribution is 5.84. The van der Waals surface area contributed by atoms with E-state index in [4.69, 9.17) is 10.8 Å². The Morgan fingerprint density at radius 2 is 1.89 bits per heavy atom. The monoisotopic (exact) mass is 258 g/mol. The highest BCUT2D eigenvalue weighted by Gasteiger charge is 2.26. The Morgan fingerprint density at radius 1 is 1.28 bits per heavy atom. The van der Waals surface area contributed by atoms with Crippen molar-refractivity contribution < 1.29 is 19.8 Å². The van der Waals surface area contributed by atoms with Crippen LogP contribution in [-0.2, 0) is 9.59 Å². The molecule has 1 aliphatic carbocycles.